The standard InChI is InChI=1S/C19H18FN3O3/c20-15-11-16(13-18(12-15)22-9-1-2-10-22)21-19(24)8-5-14-3-6-17(7-4-14)23(25)26/h3-8,11-13H,1-2,9-10H2,(H,21,24)/b8-5+. The van der Waals surface area contributed by atoms with Crippen LogP contribution in [0.5, 0.6) is 0 Å². The normalized spacial score (nSPS) is 14.0. The Balaban J connectivity index is 1.66. The third kappa shape index (κ3) is 4.44. The van der Waals surface area contributed by atoms with Gasteiger partial charge in [-0.3, -0.25) is 14.9 Å². The smallest absolute Gasteiger partial charge is 0.269 e. The zero-order valence-corrected chi connectivity index (χ0v) is 14.0. The molecule has 1 fully saturated rings. The zero-order valence-electron chi connectivity index (χ0n) is 14.0. The average molecular weight is 355 g/mol. The van der Waals surface area contributed by atoms with Gasteiger partial charge in [0.1, 0.15) is 5.82 Å². The third-order valence-corrected chi connectivity index (χ3v) is 4.15. The monoisotopic (exact) mass is 355 g/mol. The second-order valence-electron chi connectivity index (χ2n) is 6.06. The lowest BCUT2D eigenvalue weighted by Gasteiger charge is -2.18. The van der Waals surface area contributed by atoms with E-state index in [1.54, 1.807) is 24.3 Å². The maximum Gasteiger partial charge on any atom is 0.269 e. The second kappa shape index (κ2) is 7.77. The van der Waals surface area contributed by atoms with E-state index in [2.05, 4.69) is 10.2 Å². The summed E-state index contributed by atoms with van der Waals surface area (Å²) in [6, 6.07) is 10.3. The molecule has 0 unspecified atom stereocenters. The first-order valence-corrected chi connectivity index (χ1v) is 8.30. The van der Waals surface area contributed by atoms with Crippen molar-refractivity contribution in [1.82, 2.24) is 0 Å². The van der Waals surface area contributed by atoms with E-state index in [0.717, 1.165) is 31.6 Å². The van der Waals surface area contributed by atoms with Crippen molar-refractivity contribution >= 4 is 29.0 Å². The summed E-state index contributed by atoms with van der Waals surface area (Å²) >= 11 is 0. The summed E-state index contributed by atoms with van der Waals surface area (Å²) < 4.78 is 13.8. The van der Waals surface area contributed by atoms with Crippen LogP contribution in [0.3, 0.4) is 0 Å². The fourth-order valence-electron chi connectivity index (χ4n) is 2.87. The molecule has 2 aromatic rings. The molecule has 0 atom stereocenters. The zero-order chi connectivity index (χ0) is 18.5. The first-order valence-electron chi connectivity index (χ1n) is 8.30. The number of hydrogen-bond donors (Lipinski definition) is 1. The van der Waals surface area contributed by atoms with E-state index < -0.39 is 16.6 Å². The number of nitrogens with zero attached hydrogens (tertiary/aromatic N) is 2. The Morgan fingerprint density at radius 3 is 2.50 bits per heavy atom. The molecule has 0 spiro atoms. The number of amides is 1. The van der Waals surface area contributed by atoms with E-state index in [1.165, 1.54) is 30.3 Å². The third-order valence-electron chi connectivity index (χ3n) is 4.15. The van der Waals surface area contributed by atoms with Crippen molar-refractivity contribution in [2.75, 3.05) is 23.3 Å². The van der Waals surface area contributed by atoms with Crippen LogP contribution in [0.1, 0.15) is 18.4 Å². The van der Waals surface area contributed by atoms with Gasteiger partial charge in [-0.05, 0) is 54.8 Å². The number of nitrogens with one attached hydrogen (secondary N) is 1. The number of rotatable bonds is 5. The van der Waals surface area contributed by atoms with Crippen molar-refractivity contribution in [2.24, 2.45) is 0 Å². The Kier molecular flexibility index (Phi) is 5.26. The molecule has 0 aliphatic carbocycles. The quantitative estimate of drug-likeness (QED) is 0.500. The fourth-order valence-corrected chi connectivity index (χ4v) is 2.87. The van der Waals surface area contributed by atoms with Gasteiger partial charge < -0.3 is 10.2 Å². The summed E-state index contributed by atoms with van der Waals surface area (Å²) in [4.78, 5) is 24.3. The van der Waals surface area contributed by atoms with Crippen molar-refractivity contribution in [1.29, 1.82) is 0 Å². The highest BCUT2D eigenvalue weighted by Gasteiger charge is 2.14. The van der Waals surface area contributed by atoms with E-state index in [4.69, 9.17) is 0 Å². The van der Waals surface area contributed by atoms with Crippen LogP contribution in [0.15, 0.2) is 48.5 Å². The van der Waals surface area contributed by atoms with Gasteiger partial charge in [-0.25, -0.2) is 4.39 Å². The van der Waals surface area contributed by atoms with Gasteiger partial charge in [-0.2, -0.15) is 0 Å². The van der Waals surface area contributed by atoms with Crippen molar-refractivity contribution in [3.8, 4) is 0 Å². The van der Waals surface area contributed by atoms with Gasteiger partial charge in [0, 0.05) is 42.7 Å². The molecule has 134 valence electrons. The molecular weight excluding hydrogens is 337 g/mol. The highest BCUT2D eigenvalue weighted by Crippen LogP contribution is 2.25. The SMILES string of the molecule is O=C(/C=C/c1ccc([N+](=O)[O-])cc1)Nc1cc(F)cc(N2CCCC2)c1. The highest BCUT2D eigenvalue weighted by molar-refractivity contribution is 6.02. The van der Waals surface area contributed by atoms with Crippen molar-refractivity contribution in [3.63, 3.8) is 0 Å². The molecule has 1 N–H and O–H groups in total. The van der Waals surface area contributed by atoms with E-state index in [9.17, 15) is 19.3 Å². The number of anilines is 2. The van der Waals surface area contributed by atoms with Crippen LogP contribution in [-0.2, 0) is 4.79 Å². The molecular formula is C19H18FN3O3. The summed E-state index contributed by atoms with van der Waals surface area (Å²) in [5.74, 6) is -0.801. The minimum absolute atomic E-state index is 0.0131. The number of carbonyl (C=O) groups is 1. The molecule has 1 aliphatic heterocycles. The Hall–Kier alpha value is -3.22. The summed E-state index contributed by atoms with van der Waals surface area (Å²) in [6.07, 6.45) is 5.01. The Bertz CT molecular complexity index is 844. The lowest BCUT2D eigenvalue weighted by molar-refractivity contribution is -0.384. The highest BCUT2D eigenvalue weighted by atomic mass is 19.1. The molecule has 1 amide bonds. The lowest BCUT2D eigenvalue weighted by Crippen LogP contribution is -2.18. The summed E-state index contributed by atoms with van der Waals surface area (Å²) in [5.41, 5.74) is 1.80. The van der Waals surface area contributed by atoms with E-state index in [1.807, 2.05) is 0 Å². The molecule has 6 nitrogen and oxygen atoms in total. The van der Waals surface area contributed by atoms with Crippen LogP contribution in [-0.4, -0.2) is 23.9 Å². The number of benzene rings is 2. The Morgan fingerprint density at radius 2 is 1.85 bits per heavy atom. The topological polar surface area (TPSA) is 75.5 Å². The second-order valence-corrected chi connectivity index (χ2v) is 6.06. The minimum Gasteiger partial charge on any atom is -0.371 e. The maximum absolute atomic E-state index is 13.8. The molecule has 26 heavy (non-hydrogen) atoms. The predicted molar refractivity (Wildman–Crippen MR) is 98.6 cm³/mol. The van der Waals surface area contributed by atoms with E-state index in [0.29, 0.717) is 11.3 Å². The Labute approximate surface area is 150 Å². The van der Waals surface area contributed by atoms with Gasteiger partial charge >= 0.3 is 0 Å². The van der Waals surface area contributed by atoms with Crippen LogP contribution in [0, 0.1) is 15.9 Å². The van der Waals surface area contributed by atoms with E-state index >= 15 is 0 Å². The molecule has 0 saturated carbocycles. The fraction of sp³-hybridized carbons (Fsp3) is 0.211. The van der Waals surface area contributed by atoms with Crippen LogP contribution in [0.2, 0.25) is 0 Å². The van der Waals surface area contributed by atoms with Gasteiger partial charge in [0.05, 0.1) is 4.92 Å². The molecule has 1 heterocycles. The first-order chi connectivity index (χ1) is 12.5. The molecule has 3 rings (SSSR count). The molecule has 1 aliphatic rings. The molecule has 1 saturated heterocycles. The number of nitro groups is 1. The first kappa shape index (κ1) is 17.6. The van der Waals surface area contributed by atoms with Crippen LogP contribution in [0.25, 0.3) is 6.08 Å². The Morgan fingerprint density at radius 1 is 1.15 bits per heavy atom. The average Bonchev–Trinajstić information content (AvgIpc) is 3.14. The van der Waals surface area contributed by atoms with Gasteiger partial charge in [0.25, 0.3) is 5.69 Å². The number of nitro benzene ring substituents is 1. The van der Waals surface area contributed by atoms with Crippen LogP contribution < -0.4 is 10.2 Å². The lowest BCUT2D eigenvalue weighted by atomic mass is 10.2. The van der Waals surface area contributed by atoms with Crippen molar-refractivity contribution < 1.29 is 14.1 Å². The summed E-state index contributed by atoms with van der Waals surface area (Å²) in [6.45, 7) is 1.77. The number of carbonyl (C=O) groups excluding carboxylic acids is 1. The van der Waals surface area contributed by atoms with Crippen LogP contribution >= 0.6 is 0 Å². The molecule has 0 radical (unpaired) electrons. The molecule has 2 aromatic carbocycles. The number of halogens is 1. The van der Waals surface area contributed by atoms with Crippen molar-refractivity contribution in [3.05, 3.63) is 70.0 Å². The largest absolute Gasteiger partial charge is 0.371 e. The van der Waals surface area contributed by atoms with Gasteiger partial charge in [0.2, 0.25) is 5.91 Å². The summed E-state index contributed by atoms with van der Waals surface area (Å²) in [5, 5.41) is 13.3. The van der Waals surface area contributed by atoms with Gasteiger partial charge in [0.15, 0.2) is 0 Å². The summed E-state index contributed by atoms with van der Waals surface area (Å²) in [7, 11) is 0. The molecule has 0 aromatic heterocycles. The van der Waals surface area contributed by atoms with Crippen LogP contribution in [0.4, 0.5) is 21.5 Å². The molecule has 7 heteroatoms. The van der Waals surface area contributed by atoms with Gasteiger partial charge in [-0.1, -0.05) is 0 Å². The number of hydrogen-bond acceptors (Lipinski definition) is 4. The predicted octanol–water partition coefficient (Wildman–Crippen LogP) is 3.99. The maximum atomic E-state index is 13.8. The minimum atomic E-state index is -0.484. The van der Waals surface area contributed by atoms with E-state index in [-0.39, 0.29) is 5.69 Å². The van der Waals surface area contributed by atoms with Crippen molar-refractivity contribution in [2.45, 2.75) is 12.8 Å². The number of non-ortho nitro benzene ring substituents is 1. The molecule has 0 bridgehead atoms. The van der Waals surface area contributed by atoms with Gasteiger partial charge in [-0.15, -0.1) is 0 Å².